The van der Waals surface area contributed by atoms with E-state index < -0.39 is 0 Å². The van der Waals surface area contributed by atoms with E-state index in [0.29, 0.717) is 16.3 Å². The quantitative estimate of drug-likeness (QED) is 0.823. The van der Waals surface area contributed by atoms with E-state index in [1.165, 1.54) is 7.11 Å². The molecule has 0 aliphatic rings. The molecule has 1 rings (SSSR count). The molecule has 1 aromatic rings. The van der Waals surface area contributed by atoms with Crippen LogP contribution in [-0.4, -0.2) is 26.5 Å². The molecule has 0 heterocycles. The van der Waals surface area contributed by atoms with Crippen molar-refractivity contribution in [3.63, 3.8) is 0 Å². The molecule has 0 saturated heterocycles. The van der Waals surface area contributed by atoms with Gasteiger partial charge >= 0.3 is 0 Å². The van der Waals surface area contributed by atoms with Crippen LogP contribution in [0.5, 0.6) is 5.75 Å². The predicted octanol–water partition coefficient (Wildman–Crippen LogP) is 2.37. The Balaban J connectivity index is 3.33. The fraction of sp³-hybridized carbons (Fsp3) is 0.417. The number of ether oxygens (including phenoxy) is 1. The zero-order valence-electron chi connectivity index (χ0n) is 9.98. The maximum Gasteiger partial charge on any atom is 0.180 e. The van der Waals surface area contributed by atoms with Gasteiger partial charge in [-0.25, -0.2) is 0 Å². The lowest BCUT2D eigenvalue weighted by Crippen LogP contribution is -2.19. The van der Waals surface area contributed by atoms with Crippen molar-refractivity contribution in [2.45, 2.75) is 13.8 Å². The number of nitrogens with one attached hydrogen (secondary N) is 1. The van der Waals surface area contributed by atoms with Crippen LogP contribution < -0.4 is 10.1 Å². The highest BCUT2D eigenvalue weighted by Crippen LogP contribution is 2.34. The Labute approximate surface area is 101 Å². The van der Waals surface area contributed by atoms with Gasteiger partial charge in [0.1, 0.15) is 5.75 Å². The van der Waals surface area contributed by atoms with Crippen LogP contribution in [0.4, 0.5) is 0 Å². The smallest absolute Gasteiger partial charge is 0.180 e. The molecule has 1 aromatic carbocycles. The van der Waals surface area contributed by atoms with Crippen molar-refractivity contribution >= 4 is 17.4 Å². The lowest BCUT2D eigenvalue weighted by Gasteiger charge is -2.13. The Morgan fingerprint density at radius 2 is 2.12 bits per heavy atom. The minimum Gasteiger partial charge on any atom is -0.494 e. The maximum atomic E-state index is 11.8. The summed E-state index contributed by atoms with van der Waals surface area (Å²) in [5.41, 5.74) is 2.47. The molecule has 0 unspecified atom stereocenters. The molecule has 0 bridgehead atoms. The first-order valence-electron chi connectivity index (χ1n) is 5.04. The van der Waals surface area contributed by atoms with E-state index in [1.807, 2.05) is 19.9 Å². The van der Waals surface area contributed by atoms with Crippen LogP contribution in [0.25, 0.3) is 0 Å². The summed E-state index contributed by atoms with van der Waals surface area (Å²) in [4.78, 5) is 11.8. The molecule has 0 radical (unpaired) electrons. The zero-order valence-corrected chi connectivity index (χ0v) is 10.7. The molecule has 88 valence electrons. The van der Waals surface area contributed by atoms with Gasteiger partial charge in [0, 0.05) is 0 Å². The third kappa shape index (κ3) is 2.36. The Bertz CT molecular complexity index is 416. The summed E-state index contributed by atoms with van der Waals surface area (Å²) >= 11 is 6.15. The highest BCUT2D eigenvalue weighted by molar-refractivity contribution is 6.33. The monoisotopic (exact) mass is 241 g/mol. The van der Waals surface area contributed by atoms with Crippen molar-refractivity contribution in [1.82, 2.24) is 5.32 Å². The van der Waals surface area contributed by atoms with Crippen molar-refractivity contribution < 1.29 is 9.53 Å². The topological polar surface area (TPSA) is 38.3 Å². The number of hydrogen-bond donors (Lipinski definition) is 1. The second-order valence-corrected chi connectivity index (χ2v) is 4.04. The summed E-state index contributed by atoms with van der Waals surface area (Å²) in [6, 6.07) is 1.82. The third-order valence-corrected chi connectivity index (χ3v) is 3.02. The van der Waals surface area contributed by atoms with Crippen molar-refractivity contribution in [3.8, 4) is 5.75 Å². The van der Waals surface area contributed by atoms with Crippen LogP contribution in [0.1, 0.15) is 21.5 Å². The standard InChI is InChI=1S/C12H16ClNO2/c1-7-5-9(10(15)6-14-3)12(16-4)11(13)8(7)2/h5,14H,6H2,1-4H3. The zero-order chi connectivity index (χ0) is 12.3. The minimum atomic E-state index is -0.0237. The van der Waals surface area contributed by atoms with Gasteiger partial charge in [0.2, 0.25) is 0 Å². The number of carbonyl (C=O) groups is 1. The molecule has 16 heavy (non-hydrogen) atoms. The first-order chi connectivity index (χ1) is 7.52. The summed E-state index contributed by atoms with van der Waals surface area (Å²) < 4.78 is 5.20. The highest BCUT2D eigenvalue weighted by Gasteiger charge is 2.17. The second-order valence-electron chi connectivity index (χ2n) is 3.67. The molecule has 0 atom stereocenters. The van der Waals surface area contributed by atoms with Crippen LogP contribution in [0.2, 0.25) is 5.02 Å². The summed E-state index contributed by atoms with van der Waals surface area (Å²) in [5, 5.41) is 3.34. The number of ketones is 1. The summed E-state index contributed by atoms with van der Waals surface area (Å²) in [7, 11) is 3.25. The van der Waals surface area contributed by atoms with Crippen molar-refractivity contribution in [2.75, 3.05) is 20.7 Å². The molecule has 0 amide bonds. The average Bonchev–Trinajstić information content (AvgIpc) is 2.26. The molecule has 0 saturated carbocycles. The summed E-state index contributed by atoms with van der Waals surface area (Å²) in [6.07, 6.45) is 0. The number of hydrogen-bond acceptors (Lipinski definition) is 3. The van der Waals surface area contributed by atoms with Gasteiger partial charge in [-0.2, -0.15) is 0 Å². The van der Waals surface area contributed by atoms with Gasteiger partial charge < -0.3 is 10.1 Å². The van der Waals surface area contributed by atoms with Gasteiger partial charge in [-0.05, 0) is 38.1 Å². The molecule has 0 aliphatic heterocycles. The number of halogens is 1. The van der Waals surface area contributed by atoms with E-state index in [2.05, 4.69) is 5.32 Å². The maximum absolute atomic E-state index is 11.8. The fourth-order valence-corrected chi connectivity index (χ4v) is 1.84. The van der Waals surface area contributed by atoms with Gasteiger partial charge in [-0.15, -0.1) is 0 Å². The summed E-state index contributed by atoms with van der Waals surface area (Å²) in [5.74, 6) is 0.439. The fourth-order valence-electron chi connectivity index (χ4n) is 1.51. The van der Waals surface area contributed by atoms with Gasteiger partial charge in [0.15, 0.2) is 5.78 Å². The molecule has 3 nitrogen and oxygen atoms in total. The van der Waals surface area contributed by atoms with Gasteiger partial charge in [-0.3, -0.25) is 4.79 Å². The van der Waals surface area contributed by atoms with E-state index in [9.17, 15) is 4.79 Å². The molecule has 0 aromatic heterocycles. The van der Waals surface area contributed by atoms with Crippen LogP contribution in [-0.2, 0) is 0 Å². The van der Waals surface area contributed by atoms with E-state index in [-0.39, 0.29) is 12.3 Å². The Kier molecular flexibility index (Phi) is 4.33. The molecule has 0 spiro atoms. The first-order valence-corrected chi connectivity index (χ1v) is 5.42. The normalized spacial score (nSPS) is 10.3. The van der Waals surface area contributed by atoms with Crippen LogP contribution in [0.15, 0.2) is 6.07 Å². The molecular formula is C12H16ClNO2. The van der Waals surface area contributed by atoms with Crippen molar-refractivity contribution in [2.24, 2.45) is 0 Å². The predicted molar refractivity (Wildman–Crippen MR) is 65.7 cm³/mol. The number of Topliss-reactive ketones (excluding diaryl/α,β-unsaturated/α-hetero) is 1. The van der Waals surface area contributed by atoms with Crippen LogP contribution in [0.3, 0.4) is 0 Å². The second kappa shape index (κ2) is 5.32. The first kappa shape index (κ1) is 13.0. The molecule has 0 fully saturated rings. The third-order valence-electron chi connectivity index (χ3n) is 2.57. The van der Waals surface area contributed by atoms with Crippen LogP contribution >= 0.6 is 11.6 Å². The van der Waals surface area contributed by atoms with Gasteiger partial charge in [0.25, 0.3) is 0 Å². The summed E-state index contributed by atoms with van der Waals surface area (Å²) in [6.45, 7) is 4.11. The van der Waals surface area contributed by atoms with Crippen molar-refractivity contribution in [3.05, 3.63) is 27.8 Å². The molecule has 4 heteroatoms. The van der Waals surface area contributed by atoms with Crippen molar-refractivity contribution in [1.29, 1.82) is 0 Å². The van der Waals surface area contributed by atoms with Gasteiger partial charge in [-0.1, -0.05) is 11.6 Å². The lowest BCUT2D eigenvalue weighted by molar-refractivity contribution is 0.0990. The number of rotatable bonds is 4. The van der Waals surface area contributed by atoms with E-state index in [0.717, 1.165) is 11.1 Å². The molecular weight excluding hydrogens is 226 g/mol. The van der Waals surface area contributed by atoms with E-state index in [1.54, 1.807) is 7.05 Å². The van der Waals surface area contributed by atoms with Gasteiger partial charge in [0.05, 0.1) is 24.2 Å². The number of aryl methyl sites for hydroxylation is 1. The number of methoxy groups -OCH3 is 1. The molecule has 1 N–H and O–H groups in total. The minimum absolute atomic E-state index is 0.0237. The van der Waals surface area contributed by atoms with E-state index in [4.69, 9.17) is 16.3 Å². The largest absolute Gasteiger partial charge is 0.494 e. The Hall–Kier alpha value is -1.06. The number of likely N-dealkylation sites (N-methyl/N-ethyl adjacent to an activating group) is 1. The van der Waals surface area contributed by atoms with E-state index >= 15 is 0 Å². The Morgan fingerprint density at radius 1 is 1.50 bits per heavy atom. The SMILES string of the molecule is CNCC(=O)c1cc(C)c(C)c(Cl)c1OC. The number of carbonyl (C=O) groups excluding carboxylic acids is 1. The average molecular weight is 242 g/mol. The Morgan fingerprint density at radius 3 is 2.62 bits per heavy atom. The van der Waals surface area contributed by atoms with Crippen LogP contribution in [0, 0.1) is 13.8 Å². The highest BCUT2D eigenvalue weighted by atomic mass is 35.5. The number of benzene rings is 1. The lowest BCUT2D eigenvalue weighted by atomic mass is 10.0. The molecule has 0 aliphatic carbocycles.